The fraction of sp³-hybridized carbons (Fsp3) is 0.0500. The van der Waals surface area contributed by atoms with Crippen molar-refractivity contribution in [3.63, 3.8) is 0 Å². The van der Waals surface area contributed by atoms with Crippen LogP contribution in [0, 0.1) is 5.82 Å². The largest absolute Gasteiger partial charge is 0.504 e. The summed E-state index contributed by atoms with van der Waals surface area (Å²) in [4.78, 5) is 29.0. The van der Waals surface area contributed by atoms with E-state index in [-0.39, 0.29) is 21.2 Å². The van der Waals surface area contributed by atoms with E-state index in [2.05, 4.69) is 4.98 Å². The molecule has 0 unspecified atom stereocenters. The molecule has 32 heavy (non-hydrogen) atoms. The number of hydrogen-bond donors (Lipinski definition) is 2. The van der Waals surface area contributed by atoms with Gasteiger partial charge in [0, 0.05) is 27.9 Å². The van der Waals surface area contributed by atoms with E-state index in [4.69, 9.17) is 52.5 Å². The van der Waals surface area contributed by atoms with Crippen molar-refractivity contribution in [2.75, 3.05) is 4.90 Å². The van der Waals surface area contributed by atoms with Gasteiger partial charge >= 0.3 is 0 Å². The van der Waals surface area contributed by atoms with Crippen LogP contribution in [0.5, 0.6) is 5.75 Å². The van der Waals surface area contributed by atoms with Crippen molar-refractivity contribution in [1.29, 1.82) is 0 Å². The smallest absolute Gasteiger partial charge is 0.262 e. The average Bonchev–Trinajstić information content (AvgIpc) is 2.68. The lowest BCUT2D eigenvalue weighted by molar-refractivity contribution is 0.0978. The molecule has 0 spiro atoms. The predicted molar refractivity (Wildman–Crippen MR) is 123 cm³/mol. The number of rotatable bonds is 5. The summed E-state index contributed by atoms with van der Waals surface area (Å²) < 4.78 is 14.3. The molecule has 3 rings (SSSR count). The minimum atomic E-state index is -2.39. The minimum absolute atomic E-state index is 0.170. The summed E-state index contributed by atoms with van der Waals surface area (Å²) in [5.74, 6) is -3.83. The molecule has 0 aliphatic carbocycles. The summed E-state index contributed by atoms with van der Waals surface area (Å²) in [6.45, 7) is 0. The number of carbonyl (C=O) groups excluding carboxylic acids is 2. The highest BCUT2D eigenvalue weighted by Crippen LogP contribution is 2.36. The predicted octanol–water partition coefficient (Wildman–Crippen LogP) is 2.76. The zero-order valence-corrected chi connectivity index (χ0v) is 17.7. The van der Waals surface area contributed by atoms with Crippen molar-refractivity contribution in [2.45, 2.75) is 5.24 Å². The van der Waals surface area contributed by atoms with Gasteiger partial charge in [-0.2, -0.15) is 0 Å². The highest BCUT2D eigenvalue weighted by Gasteiger charge is 2.33. The second-order valence-corrected chi connectivity index (χ2v) is 7.56. The van der Waals surface area contributed by atoms with Crippen molar-refractivity contribution in [3.8, 4) is 16.9 Å². The van der Waals surface area contributed by atoms with Gasteiger partial charge in [0.2, 0.25) is 5.91 Å². The molecule has 1 aromatic heterocycles. The summed E-state index contributed by atoms with van der Waals surface area (Å²) in [6.07, 6.45) is 1.22. The van der Waals surface area contributed by atoms with Crippen molar-refractivity contribution >= 4 is 64.4 Å². The lowest BCUT2D eigenvalue weighted by Crippen LogP contribution is -2.54. The van der Waals surface area contributed by atoms with E-state index in [0.717, 1.165) is 6.07 Å². The molecule has 0 fully saturated rings. The topological polar surface area (TPSA) is 96.5 Å². The molecule has 0 aliphatic heterocycles. The molecule has 6 nitrogen and oxygen atoms in total. The number of nitrogens with two attached hydrogens (primary N) is 1. The first-order valence-electron chi connectivity index (χ1n) is 8.85. The number of nitrogens with zero attached hydrogens (tertiary/aromatic N) is 2. The number of hydrogen-bond acceptors (Lipinski definition) is 4. The van der Waals surface area contributed by atoms with Gasteiger partial charge in [0.15, 0.2) is 11.6 Å². The van der Waals surface area contributed by atoms with Crippen molar-refractivity contribution < 1.29 is 19.1 Å². The Morgan fingerprint density at radius 2 is 1.78 bits per heavy atom. The summed E-state index contributed by atoms with van der Waals surface area (Å²) >= 11 is 12.1. The molecule has 12 heteroatoms. The Labute approximate surface area is 196 Å². The van der Waals surface area contributed by atoms with Gasteiger partial charge in [-0.25, -0.2) is 9.37 Å². The zero-order valence-electron chi connectivity index (χ0n) is 16.2. The van der Waals surface area contributed by atoms with Gasteiger partial charge in [-0.1, -0.05) is 34.5 Å². The highest BCUT2D eigenvalue weighted by molar-refractivity contribution is 6.62. The summed E-state index contributed by atoms with van der Waals surface area (Å²) in [5, 5.41) is 8.23. The summed E-state index contributed by atoms with van der Waals surface area (Å²) in [5.41, 5.74) is 5.49. The minimum Gasteiger partial charge on any atom is -0.504 e. The summed E-state index contributed by atoms with van der Waals surface area (Å²) in [6, 6.07) is 9.06. The quantitative estimate of drug-likeness (QED) is 0.569. The number of amides is 2. The Bertz CT molecular complexity index is 1220. The van der Waals surface area contributed by atoms with Gasteiger partial charge in [0.05, 0.1) is 34.1 Å². The van der Waals surface area contributed by atoms with Crippen LogP contribution in [0.4, 0.5) is 10.2 Å². The number of primary amides is 1. The van der Waals surface area contributed by atoms with Crippen LogP contribution < -0.4 is 10.6 Å². The number of benzene rings is 2. The average molecular weight is 464 g/mol. The summed E-state index contributed by atoms with van der Waals surface area (Å²) in [7, 11) is 17.2. The number of pyridine rings is 1. The molecule has 2 aromatic carbocycles. The molecular weight excluding hydrogens is 453 g/mol. The van der Waals surface area contributed by atoms with Crippen LogP contribution in [0.15, 0.2) is 48.7 Å². The first-order chi connectivity index (χ1) is 14.9. The van der Waals surface area contributed by atoms with Crippen LogP contribution in [-0.4, -0.2) is 50.7 Å². The second-order valence-electron chi connectivity index (χ2n) is 6.75. The molecule has 2 amide bonds. The molecule has 0 saturated carbocycles. The number of aromatic hydroxyl groups is 1. The van der Waals surface area contributed by atoms with Crippen LogP contribution >= 0.6 is 23.2 Å². The standard InChI is InChI=1S/C20H11B3Cl2FN3O3/c21-20(22,23)29(19(32)16-13(25)2-1-3-14(16)26)18-15(30)7-10(8-28-18)11-6-9(17(27)31)4-5-12(11)24/h1-8,30H,(H2,27,31). The third-order valence-electron chi connectivity index (χ3n) is 4.39. The van der Waals surface area contributed by atoms with Gasteiger partial charge in [-0.3, -0.25) is 9.59 Å². The number of carbonyl (C=O) groups is 2. The molecule has 6 radical (unpaired) electrons. The third kappa shape index (κ3) is 4.61. The molecule has 1 heterocycles. The van der Waals surface area contributed by atoms with Crippen LogP contribution in [0.3, 0.4) is 0 Å². The van der Waals surface area contributed by atoms with E-state index in [1.165, 1.54) is 42.6 Å². The number of halogens is 3. The van der Waals surface area contributed by atoms with Crippen LogP contribution in [-0.2, 0) is 0 Å². The molecule has 3 aromatic rings. The maximum absolute atomic E-state index is 14.3. The monoisotopic (exact) mass is 463 g/mol. The Morgan fingerprint density at radius 3 is 2.34 bits per heavy atom. The van der Waals surface area contributed by atoms with Crippen molar-refractivity contribution in [1.82, 2.24) is 4.98 Å². The lowest BCUT2D eigenvalue weighted by Gasteiger charge is -2.37. The van der Waals surface area contributed by atoms with Gasteiger partial charge in [0.1, 0.15) is 5.82 Å². The third-order valence-corrected chi connectivity index (χ3v) is 5.03. The lowest BCUT2D eigenvalue weighted by atomic mass is 9.48. The molecular formula is C20H11B3Cl2FN3O3. The zero-order chi connectivity index (χ0) is 23.8. The van der Waals surface area contributed by atoms with Crippen LogP contribution in [0.25, 0.3) is 11.1 Å². The van der Waals surface area contributed by atoms with Crippen molar-refractivity contribution in [3.05, 3.63) is 75.7 Å². The van der Waals surface area contributed by atoms with E-state index in [1.807, 2.05) is 0 Å². The van der Waals surface area contributed by atoms with E-state index >= 15 is 0 Å². The number of aromatic nitrogens is 1. The molecule has 0 aliphatic rings. The normalized spacial score (nSPS) is 11.2. The molecule has 0 saturated heterocycles. The first-order valence-corrected chi connectivity index (χ1v) is 9.61. The van der Waals surface area contributed by atoms with Crippen molar-refractivity contribution in [2.24, 2.45) is 5.73 Å². The Kier molecular flexibility index (Phi) is 6.58. The van der Waals surface area contributed by atoms with E-state index < -0.39 is 40.0 Å². The number of anilines is 1. The highest BCUT2D eigenvalue weighted by atomic mass is 35.5. The van der Waals surface area contributed by atoms with E-state index in [9.17, 15) is 19.1 Å². The molecule has 0 bridgehead atoms. The van der Waals surface area contributed by atoms with Gasteiger partial charge in [-0.15, -0.1) is 0 Å². The Hall–Kier alpha value is -2.97. The fourth-order valence-corrected chi connectivity index (χ4v) is 3.41. The second kappa shape index (κ2) is 8.88. The Balaban J connectivity index is 2.12. The maximum Gasteiger partial charge on any atom is 0.262 e. The fourth-order valence-electron chi connectivity index (χ4n) is 2.93. The first kappa shape index (κ1) is 23.7. The van der Waals surface area contributed by atoms with E-state index in [0.29, 0.717) is 10.5 Å². The molecule has 3 N–H and O–H groups in total. The maximum atomic E-state index is 14.3. The van der Waals surface area contributed by atoms with Crippen LogP contribution in [0.1, 0.15) is 20.7 Å². The molecule has 0 atom stereocenters. The Morgan fingerprint density at radius 1 is 1.09 bits per heavy atom. The van der Waals surface area contributed by atoms with E-state index in [1.54, 1.807) is 0 Å². The SMILES string of the molecule is [B]C([B])([B])N(C(=O)c1c(F)cccc1Cl)c1ncc(-c2cc(C(N)=O)ccc2Cl)cc1O. The van der Waals surface area contributed by atoms with Gasteiger partial charge in [0.25, 0.3) is 5.91 Å². The molecule has 154 valence electrons. The van der Waals surface area contributed by atoms with Gasteiger partial charge < -0.3 is 15.7 Å². The van der Waals surface area contributed by atoms with Gasteiger partial charge in [-0.05, 0) is 36.4 Å². The van der Waals surface area contributed by atoms with Crippen LogP contribution in [0.2, 0.25) is 10.0 Å².